The molecule has 1 N–H and O–H groups in total. The molecule has 0 saturated heterocycles. The molecule has 0 aliphatic carbocycles. The summed E-state index contributed by atoms with van der Waals surface area (Å²) in [5.74, 6) is 0.695. The highest BCUT2D eigenvalue weighted by Gasteiger charge is 2.24. The molecule has 0 aromatic heterocycles. The zero-order valence-corrected chi connectivity index (χ0v) is 18.3. The van der Waals surface area contributed by atoms with Gasteiger partial charge in [-0.1, -0.05) is 19.4 Å². The summed E-state index contributed by atoms with van der Waals surface area (Å²) < 4.78 is 21.8. The predicted molar refractivity (Wildman–Crippen MR) is 120 cm³/mol. The molecule has 0 atom stereocenters. The number of amides is 1. The summed E-state index contributed by atoms with van der Waals surface area (Å²) in [4.78, 5) is 23.6. The lowest BCUT2D eigenvalue weighted by Crippen LogP contribution is -2.18. The molecule has 0 radical (unpaired) electrons. The van der Waals surface area contributed by atoms with Gasteiger partial charge < -0.3 is 24.3 Å². The zero-order chi connectivity index (χ0) is 23.8. The number of benzene rings is 2. The maximum absolute atomic E-state index is 12.7. The summed E-state index contributed by atoms with van der Waals surface area (Å²) in [5, 5.41) is 23.4. The lowest BCUT2D eigenvalue weighted by Gasteiger charge is -2.19. The van der Waals surface area contributed by atoms with Gasteiger partial charge in [-0.05, 0) is 30.2 Å². The van der Waals surface area contributed by atoms with Crippen LogP contribution in [0.15, 0.2) is 35.9 Å². The fourth-order valence-corrected chi connectivity index (χ4v) is 3.05. The van der Waals surface area contributed by atoms with Crippen LogP contribution in [0, 0.1) is 21.4 Å². The second-order valence-electron chi connectivity index (χ2n) is 7.01. The van der Waals surface area contributed by atoms with Gasteiger partial charge in [0.15, 0.2) is 23.0 Å². The first kappa shape index (κ1) is 23.4. The quantitative estimate of drug-likeness (QED) is 0.197. The fraction of sp³-hybridized carbons (Fsp3) is 0.304. The van der Waals surface area contributed by atoms with Crippen molar-refractivity contribution < 1.29 is 28.7 Å². The topological polar surface area (TPSA) is 133 Å². The molecule has 1 aliphatic heterocycles. The monoisotopic (exact) mass is 453 g/mol. The molecule has 0 unspecified atom stereocenters. The molecule has 10 heteroatoms. The van der Waals surface area contributed by atoms with Crippen LogP contribution < -0.4 is 24.3 Å². The maximum Gasteiger partial charge on any atom is 0.296 e. The Morgan fingerprint density at radius 3 is 2.61 bits per heavy atom. The molecule has 2 aromatic rings. The van der Waals surface area contributed by atoms with Gasteiger partial charge in [-0.3, -0.25) is 14.9 Å². The molecule has 172 valence electrons. The Balaban J connectivity index is 1.85. The first-order chi connectivity index (χ1) is 16.0. The molecule has 33 heavy (non-hydrogen) atoms. The number of nitro groups is 1. The van der Waals surface area contributed by atoms with E-state index in [9.17, 15) is 20.2 Å². The Kier molecular flexibility index (Phi) is 7.70. The number of nitrogens with one attached hydrogen (secondary N) is 1. The van der Waals surface area contributed by atoms with E-state index in [0.717, 1.165) is 12.8 Å². The number of unbranched alkanes of at least 4 members (excludes halogenated alkanes) is 1. The van der Waals surface area contributed by atoms with Gasteiger partial charge in [0.2, 0.25) is 0 Å². The summed E-state index contributed by atoms with van der Waals surface area (Å²) in [5.41, 5.74) is -0.202. The predicted octanol–water partition coefficient (Wildman–Crippen LogP) is 4.10. The van der Waals surface area contributed by atoms with Crippen molar-refractivity contribution in [1.29, 1.82) is 5.26 Å². The van der Waals surface area contributed by atoms with E-state index in [1.807, 2.05) is 6.07 Å². The Morgan fingerprint density at radius 1 is 1.24 bits per heavy atom. The summed E-state index contributed by atoms with van der Waals surface area (Å²) >= 11 is 0. The van der Waals surface area contributed by atoms with Crippen molar-refractivity contribution in [2.75, 3.05) is 32.2 Å². The van der Waals surface area contributed by atoms with Crippen molar-refractivity contribution in [2.24, 2.45) is 0 Å². The Bertz CT molecular complexity index is 1120. The third kappa shape index (κ3) is 5.71. The van der Waals surface area contributed by atoms with E-state index in [2.05, 4.69) is 12.2 Å². The minimum atomic E-state index is -0.806. The van der Waals surface area contributed by atoms with Crippen LogP contribution in [0.3, 0.4) is 0 Å². The van der Waals surface area contributed by atoms with Gasteiger partial charge >= 0.3 is 0 Å². The highest BCUT2D eigenvalue weighted by atomic mass is 16.6. The summed E-state index contributed by atoms with van der Waals surface area (Å²) in [6.45, 7) is 3.15. The number of anilines is 1. The molecule has 1 amide bonds. The van der Waals surface area contributed by atoms with Crippen LogP contribution in [0.5, 0.6) is 23.0 Å². The van der Waals surface area contributed by atoms with E-state index in [1.165, 1.54) is 25.3 Å². The third-order valence-electron chi connectivity index (χ3n) is 4.72. The fourth-order valence-electron chi connectivity index (χ4n) is 3.05. The van der Waals surface area contributed by atoms with E-state index < -0.39 is 10.8 Å². The smallest absolute Gasteiger partial charge is 0.296 e. The molecular weight excluding hydrogens is 430 g/mol. The van der Waals surface area contributed by atoms with Crippen LogP contribution in [-0.2, 0) is 4.79 Å². The van der Waals surface area contributed by atoms with Crippen LogP contribution in [0.25, 0.3) is 6.08 Å². The summed E-state index contributed by atoms with van der Waals surface area (Å²) in [7, 11) is 1.49. The minimum absolute atomic E-state index is 0.104. The number of carbonyl (C=O) groups is 1. The summed E-state index contributed by atoms with van der Waals surface area (Å²) in [6, 6.07) is 9.33. The SMILES string of the molecule is CCCCOc1ccc(/C=C(\C#N)C(=O)Nc2cc3c(cc2[N+](=O)[O-])OCCO3)cc1OC. The van der Waals surface area contributed by atoms with Crippen LogP contribution in [0.1, 0.15) is 25.3 Å². The van der Waals surface area contributed by atoms with Crippen molar-refractivity contribution in [1.82, 2.24) is 0 Å². The average Bonchev–Trinajstić information content (AvgIpc) is 2.82. The summed E-state index contributed by atoms with van der Waals surface area (Å²) in [6.07, 6.45) is 3.25. The van der Waals surface area contributed by atoms with Gasteiger partial charge in [0.05, 0.1) is 24.7 Å². The van der Waals surface area contributed by atoms with Crippen molar-refractivity contribution in [3.05, 3.63) is 51.6 Å². The van der Waals surface area contributed by atoms with E-state index in [1.54, 1.807) is 18.2 Å². The second-order valence-corrected chi connectivity index (χ2v) is 7.01. The number of carbonyl (C=O) groups excluding carboxylic acids is 1. The first-order valence-corrected chi connectivity index (χ1v) is 10.3. The molecule has 1 heterocycles. The van der Waals surface area contributed by atoms with Gasteiger partial charge in [0.25, 0.3) is 11.6 Å². The average molecular weight is 453 g/mol. The van der Waals surface area contributed by atoms with Crippen LogP contribution in [-0.4, -0.2) is 37.8 Å². The number of nitrogens with zero attached hydrogens (tertiary/aromatic N) is 2. The number of rotatable bonds is 9. The number of nitro benzene ring substituents is 1. The van der Waals surface area contributed by atoms with E-state index in [0.29, 0.717) is 23.7 Å². The number of ether oxygens (including phenoxy) is 4. The molecule has 3 rings (SSSR count). The standard InChI is InChI=1S/C23H23N3O7/c1-3-4-7-31-19-6-5-15(11-20(19)30-2)10-16(14-24)23(27)25-17-12-21-22(33-9-8-32-21)13-18(17)26(28)29/h5-6,10-13H,3-4,7-9H2,1-2H3,(H,25,27)/b16-10+. The number of hydrogen-bond donors (Lipinski definition) is 1. The van der Waals surface area contributed by atoms with Gasteiger partial charge in [0, 0.05) is 6.07 Å². The Labute approximate surface area is 190 Å². The number of methoxy groups -OCH3 is 1. The first-order valence-electron chi connectivity index (χ1n) is 10.3. The molecule has 0 fully saturated rings. The number of nitriles is 1. The lowest BCUT2D eigenvalue weighted by molar-refractivity contribution is -0.384. The second kappa shape index (κ2) is 10.9. The molecule has 0 spiro atoms. The largest absolute Gasteiger partial charge is 0.493 e. The van der Waals surface area contributed by atoms with Gasteiger partial charge in [-0.25, -0.2) is 0 Å². The maximum atomic E-state index is 12.7. The van der Waals surface area contributed by atoms with Crippen molar-refractivity contribution in [2.45, 2.75) is 19.8 Å². The van der Waals surface area contributed by atoms with Crippen molar-refractivity contribution in [3.63, 3.8) is 0 Å². The van der Waals surface area contributed by atoms with E-state index in [-0.39, 0.29) is 41.7 Å². The normalized spacial score (nSPS) is 12.5. The van der Waals surface area contributed by atoms with Gasteiger partial charge in [-0.15, -0.1) is 0 Å². The highest BCUT2D eigenvalue weighted by Crippen LogP contribution is 2.39. The van der Waals surface area contributed by atoms with Crippen LogP contribution in [0.2, 0.25) is 0 Å². The van der Waals surface area contributed by atoms with Crippen molar-refractivity contribution in [3.8, 4) is 29.1 Å². The molecule has 10 nitrogen and oxygen atoms in total. The highest BCUT2D eigenvalue weighted by molar-refractivity contribution is 6.10. The van der Waals surface area contributed by atoms with Crippen LogP contribution >= 0.6 is 0 Å². The molecule has 1 aliphatic rings. The third-order valence-corrected chi connectivity index (χ3v) is 4.72. The minimum Gasteiger partial charge on any atom is -0.493 e. The van der Waals surface area contributed by atoms with Crippen LogP contribution in [0.4, 0.5) is 11.4 Å². The van der Waals surface area contributed by atoms with E-state index in [4.69, 9.17) is 18.9 Å². The number of hydrogen-bond acceptors (Lipinski definition) is 8. The van der Waals surface area contributed by atoms with Crippen molar-refractivity contribution >= 4 is 23.4 Å². The lowest BCUT2D eigenvalue weighted by atomic mass is 10.1. The Hall–Kier alpha value is -4.26. The zero-order valence-electron chi connectivity index (χ0n) is 18.3. The molecular formula is C23H23N3O7. The number of fused-ring (bicyclic) bond motifs is 1. The van der Waals surface area contributed by atoms with Gasteiger partial charge in [0.1, 0.15) is 30.5 Å². The molecule has 0 bridgehead atoms. The van der Waals surface area contributed by atoms with E-state index >= 15 is 0 Å². The molecule has 2 aromatic carbocycles. The molecule has 0 saturated carbocycles. The Morgan fingerprint density at radius 2 is 1.97 bits per heavy atom. The van der Waals surface area contributed by atoms with Gasteiger partial charge in [-0.2, -0.15) is 5.26 Å².